The van der Waals surface area contributed by atoms with Crippen molar-refractivity contribution in [1.29, 1.82) is 5.26 Å². The molecule has 10 nitrogen and oxygen atoms in total. The van der Waals surface area contributed by atoms with Crippen LogP contribution in [0.4, 0.5) is 21.2 Å². The van der Waals surface area contributed by atoms with E-state index in [4.69, 9.17) is 32.0 Å². The van der Waals surface area contributed by atoms with Gasteiger partial charge >= 0.3 is 0 Å². The molecule has 7 rings (SSSR count). The topological polar surface area (TPSA) is 124 Å². The maximum atomic E-state index is 15.0. The van der Waals surface area contributed by atoms with E-state index in [9.17, 15) is 14.4 Å². The Morgan fingerprint density at radius 1 is 1.23 bits per heavy atom. The van der Waals surface area contributed by atoms with Crippen molar-refractivity contribution in [3.63, 3.8) is 0 Å². The van der Waals surface area contributed by atoms with E-state index in [0.29, 0.717) is 68.0 Å². The van der Waals surface area contributed by atoms with E-state index < -0.39 is 11.9 Å². The lowest BCUT2D eigenvalue weighted by Gasteiger charge is -2.43. The van der Waals surface area contributed by atoms with Gasteiger partial charge in [-0.1, -0.05) is 17.7 Å². The van der Waals surface area contributed by atoms with Gasteiger partial charge in [0.1, 0.15) is 28.7 Å². The lowest BCUT2D eigenvalue weighted by Crippen LogP contribution is -2.58. The molecule has 2 aromatic heterocycles. The predicted octanol–water partition coefficient (Wildman–Crippen LogP) is 4.57. The van der Waals surface area contributed by atoms with Gasteiger partial charge in [0.15, 0.2) is 0 Å². The van der Waals surface area contributed by atoms with Crippen LogP contribution in [0.1, 0.15) is 29.5 Å². The van der Waals surface area contributed by atoms with E-state index in [0.717, 1.165) is 48.5 Å². The van der Waals surface area contributed by atoms with Crippen molar-refractivity contribution in [2.45, 2.75) is 38.1 Å². The third-order valence-corrected chi connectivity index (χ3v) is 10.2. The number of nitrogen functional groups attached to an aromatic ring is 1. The Balaban J connectivity index is 1.48. The maximum absolute atomic E-state index is 15.0. The number of nitriles is 1. The number of aromatic nitrogens is 2. The summed E-state index contributed by atoms with van der Waals surface area (Å²) in [6.07, 6.45) is 1.56. The van der Waals surface area contributed by atoms with Crippen LogP contribution in [0.5, 0.6) is 0 Å². The number of fused-ring (bicyclic) bond motifs is 4. The molecule has 2 fully saturated rings. The number of nitrogens with two attached hydrogens (primary N) is 1. The van der Waals surface area contributed by atoms with E-state index in [1.807, 2.05) is 21.1 Å². The number of piperidine rings is 1. The fraction of sp³-hybridized carbons (Fsp3) is 0.400. The van der Waals surface area contributed by atoms with Gasteiger partial charge in [0.05, 0.1) is 39.4 Å². The summed E-state index contributed by atoms with van der Waals surface area (Å²) >= 11 is 8.35. The Labute approximate surface area is 256 Å². The number of rotatable bonds is 5. The summed E-state index contributed by atoms with van der Waals surface area (Å²) < 4.78 is 21.2. The van der Waals surface area contributed by atoms with E-state index in [1.54, 1.807) is 11.0 Å². The number of benzene rings is 2. The van der Waals surface area contributed by atoms with Gasteiger partial charge in [-0.25, -0.2) is 9.37 Å². The Morgan fingerprint density at radius 2 is 2.00 bits per heavy atom. The molecule has 222 valence electrons. The molecule has 3 aliphatic heterocycles. The molecule has 43 heavy (non-hydrogen) atoms. The molecule has 3 aliphatic rings. The van der Waals surface area contributed by atoms with Crippen molar-refractivity contribution in [2.24, 2.45) is 0 Å². The van der Waals surface area contributed by atoms with Crippen LogP contribution in [0.15, 0.2) is 12.1 Å². The number of anilines is 3. The van der Waals surface area contributed by atoms with Crippen LogP contribution in [-0.2, 0) is 22.7 Å². The first-order chi connectivity index (χ1) is 20.7. The molecule has 0 unspecified atom stereocenters. The number of hydrogen-bond acceptors (Lipinski definition) is 10. The number of nitrogens with one attached hydrogen (secondary N) is 1. The predicted molar refractivity (Wildman–Crippen MR) is 167 cm³/mol. The second kappa shape index (κ2) is 10.4. The molecule has 0 bridgehead atoms. The van der Waals surface area contributed by atoms with Crippen molar-refractivity contribution < 1.29 is 13.9 Å². The Kier molecular flexibility index (Phi) is 6.81. The Morgan fingerprint density at radius 3 is 2.74 bits per heavy atom. The minimum absolute atomic E-state index is 0.0135. The van der Waals surface area contributed by atoms with Gasteiger partial charge in [0.2, 0.25) is 11.9 Å². The fourth-order valence-corrected chi connectivity index (χ4v) is 7.63. The van der Waals surface area contributed by atoms with Crippen LogP contribution < -0.4 is 16.0 Å². The highest BCUT2D eigenvalue weighted by Crippen LogP contribution is 2.49. The minimum Gasteiger partial charge on any atom is -0.389 e. The van der Waals surface area contributed by atoms with Crippen LogP contribution in [-0.4, -0.2) is 78.5 Å². The summed E-state index contributed by atoms with van der Waals surface area (Å²) in [5.74, 6) is 0.616. The third-order valence-electron chi connectivity index (χ3n) is 8.83. The largest absolute Gasteiger partial charge is 0.389 e. The van der Waals surface area contributed by atoms with Crippen LogP contribution in [0.25, 0.3) is 32.1 Å². The number of ether oxygens (including phenoxy) is 1. The fourth-order valence-electron chi connectivity index (χ4n) is 6.33. The number of halogens is 2. The Hall–Kier alpha value is -3.76. The lowest BCUT2D eigenvalue weighted by molar-refractivity contribution is -0.132. The highest BCUT2D eigenvalue weighted by molar-refractivity contribution is 7.23. The number of carbonyl (C=O) groups is 1. The van der Waals surface area contributed by atoms with Crippen LogP contribution in [0.2, 0.25) is 5.02 Å². The number of likely N-dealkylation sites (tertiary alicyclic amines) is 1. The highest BCUT2D eigenvalue weighted by Gasteiger charge is 2.35. The maximum Gasteiger partial charge on any atom is 0.244 e. The van der Waals surface area contributed by atoms with Crippen LogP contribution in [0, 0.1) is 17.1 Å². The van der Waals surface area contributed by atoms with Gasteiger partial charge < -0.3 is 30.5 Å². The first-order valence-electron chi connectivity index (χ1n) is 14.1. The van der Waals surface area contributed by atoms with Gasteiger partial charge in [-0.15, -0.1) is 11.3 Å². The highest BCUT2D eigenvalue weighted by atomic mass is 35.5. The smallest absolute Gasteiger partial charge is 0.244 e. The molecule has 1 amide bonds. The number of hydrogen-bond donors (Lipinski definition) is 2. The zero-order valence-corrected chi connectivity index (χ0v) is 25.6. The molecule has 0 radical (unpaired) electrons. The van der Waals surface area contributed by atoms with Gasteiger partial charge in [-0.2, -0.15) is 10.2 Å². The molecule has 0 aliphatic carbocycles. The van der Waals surface area contributed by atoms with Crippen molar-refractivity contribution >= 4 is 66.6 Å². The molecule has 2 saturated heterocycles. The van der Waals surface area contributed by atoms with Crippen LogP contribution >= 0.6 is 22.9 Å². The summed E-state index contributed by atoms with van der Waals surface area (Å²) in [5.41, 5.74) is 9.81. The summed E-state index contributed by atoms with van der Waals surface area (Å²) in [5, 5.41) is 15.1. The second-order valence-electron chi connectivity index (χ2n) is 11.6. The molecule has 0 saturated carbocycles. The number of amides is 1. The van der Waals surface area contributed by atoms with Gasteiger partial charge in [0, 0.05) is 43.7 Å². The molecule has 0 spiro atoms. The Bertz CT molecular complexity index is 1870. The summed E-state index contributed by atoms with van der Waals surface area (Å²) in [6, 6.07) is 5.11. The van der Waals surface area contributed by atoms with Gasteiger partial charge in [0.25, 0.3) is 0 Å². The minimum atomic E-state index is -0.451. The van der Waals surface area contributed by atoms with E-state index in [1.165, 1.54) is 6.07 Å². The monoisotopic (exact) mass is 620 g/mol. The summed E-state index contributed by atoms with van der Waals surface area (Å²) in [6.45, 7) is 2.78. The summed E-state index contributed by atoms with van der Waals surface area (Å²) in [4.78, 5) is 29.1. The normalized spacial score (nSPS) is 18.9. The zero-order valence-electron chi connectivity index (χ0n) is 24.0. The van der Waals surface area contributed by atoms with E-state index in [2.05, 4.69) is 21.2 Å². The second-order valence-corrected chi connectivity index (χ2v) is 13.0. The van der Waals surface area contributed by atoms with Crippen molar-refractivity contribution in [3.05, 3.63) is 39.7 Å². The van der Waals surface area contributed by atoms with Crippen LogP contribution in [0.3, 0.4) is 0 Å². The molecule has 2 aromatic carbocycles. The van der Waals surface area contributed by atoms with E-state index >= 15 is 0 Å². The van der Waals surface area contributed by atoms with Gasteiger partial charge in [-0.05, 0) is 49.7 Å². The average Bonchev–Trinajstić information content (AvgIpc) is 3.56. The zero-order chi connectivity index (χ0) is 30.2. The number of likely N-dealkylation sites (N-methyl/N-ethyl adjacent to an activating group) is 2. The molecular weight excluding hydrogens is 591 g/mol. The molecular formula is C30H30ClFN8O2S. The first kappa shape index (κ1) is 28.0. The van der Waals surface area contributed by atoms with Gasteiger partial charge in [-0.3, -0.25) is 4.79 Å². The first-order valence-corrected chi connectivity index (χ1v) is 15.3. The molecule has 3 N–H and O–H groups in total. The number of nitrogens with zero attached hydrogens (tertiary/aromatic N) is 6. The average molecular weight is 621 g/mol. The number of carbonyl (C=O) groups excluding carboxylic acids is 1. The standard InChI is InChI=1S/C30H30ClFN8O2S/c1-38(2)14-10-40(11-14)30-36-25-23(28(37-30)35-20-5-4-8-39(3)29(20)41)18-13-42-12-17(18)21(24(25)31)15-6-7-19(32)26-22(15)16(9-33)27(34)43-26/h6-7,14,20H,4-5,8,10-13,34H2,1-3H3,(H,35,36,37)/t20-/m1/s1. The number of thiophene rings is 1. The van der Waals surface area contributed by atoms with E-state index in [-0.39, 0.29) is 23.1 Å². The molecule has 4 aromatic rings. The van der Waals surface area contributed by atoms with Crippen molar-refractivity contribution in [1.82, 2.24) is 19.8 Å². The lowest BCUT2D eigenvalue weighted by atomic mass is 9.91. The van der Waals surface area contributed by atoms with Crippen molar-refractivity contribution in [3.8, 4) is 17.2 Å². The molecule has 13 heteroatoms. The molecule has 1 atom stereocenters. The molecule has 5 heterocycles. The van der Waals surface area contributed by atoms with Crippen molar-refractivity contribution in [2.75, 3.05) is 56.7 Å². The third kappa shape index (κ3) is 4.37. The quantitative estimate of drug-likeness (QED) is 0.330. The summed E-state index contributed by atoms with van der Waals surface area (Å²) in [7, 11) is 5.90. The SMILES string of the molecule is CN1CCC[C@@H](Nc2nc(N3CC(N(C)C)C3)nc3c(Cl)c(-c4ccc(F)c5sc(N)c(C#N)c45)c4c(c23)COC4)C1=O.